The van der Waals surface area contributed by atoms with E-state index in [1.165, 1.54) is 101 Å². The monoisotopic (exact) mass is 318 g/mol. The molecule has 2 heteroatoms. The van der Waals surface area contributed by atoms with Gasteiger partial charge in [0.2, 0.25) is 0 Å². The highest BCUT2D eigenvalue weighted by Crippen LogP contribution is 2.14. The van der Waals surface area contributed by atoms with E-state index >= 15 is 0 Å². The third-order valence-corrected chi connectivity index (χ3v) is 5.36. The van der Waals surface area contributed by atoms with E-state index < -0.39 is 0 Å². The number of hydrogen-bond donors (Lipinski definition) is 0. The molecule has 0 spiro atoms. The minimum Gasteiger partial charge on any atom is -0.324 e. The zero-order chi connectivity index (χ0) is 15.8. The van der Waals surface area contributed by atoms with E-state index in [0.717, 1.165) is 5.88 Å². The van der Waals surface area contributed by atoms with Gasteiger partial charge in [-0.1, -0.05) is 58.3 Å². The smallest absolute Gasteiger partial charge is 0.0798 e. The average Bonchev–Trinajstić information content (AvgIpc) is 2.52. The van der Waals surface area contributed by atoms with Crippen LogP contribution in [0, 0.1) is 0 Å². The predicted octanol–water partition coefficient (Wildman–Crippen LogP) is 6.39. The fourth-order valence-corrected chi connectivity index (χ4v) is 3.42. The second-order valence-corrected chi connectivity index (χ2v) is 7.02. The summed E-state index contributed by atoms with van der Waals surface area (Å²) in [6, 6.07) is 0. The number of hydrogen-bond acceptors (Lipinski definition) is 0. The van der Waals surface area contributed by atoms with E-state index in [1.54, 1.807) is 0 Å². The SMILES string of the molecule is CCCCCCCCCCCC[N+](CC)(CC)CCCCl. The lowest BCUT2D eigenvalue weighted by molar-refractivity contribution is -0.925. The second kappa shape index (κ2) is 15.2. The van der Waals surface area contributed by atoms with Crippen molar-refractivity contribution in [3.05, 3.63) is 0 Å². The van der Waals surface area contributed by atoms with Gasteiger partial charge in [0.15, 0.2) is 0 Å². The highest BCUT2D eigenvalue weighted by molar-refractivity contribution is 6.17. The van der Waals surface area contributed by atoms with Gasteiger partial charge in [0.25, 0.3) is 0 Å². The number of rotatable bonds is 16. The zero-order valence-corrected chi connectivity index (χ0v) is 15.9. The summed E-state index contributed by atoms with van der Waals surface area (Å²) in [6.45, 7) is 12.1. The molecular weight excluding hydrogens is 278 g/mol. The molecule has 0 aliphatic carbocycles. The lowest BCUT2D eigenvalue weighted by atomic mass is 10.1. The number of nitrogens with zero attached hydrogens (tertiary/aromatic N) is 1. The van der Waals surface area contributed by atoms with Crippen molar-refractivity contribution in [2.24, 2.45) is 0 Å². The maximum Gasteiger partial charge on any atom is 0.0798 e. The summed E-state index contributed by atoms with van der Waals surface area (Å²) in [4.78, 5) is 0. The van der Waals surface area contributed by atoms with E-state index in [2.05, 4.69) is 20.8 Å². The Morgan fingerprint density at radius 2 is 1.00 bits per heavy atom. The van der Waals surface area contributed by atoms with Crippen molar-refractivity contribution in [1.82, 2.24) is 0 Å². The van der Waals surface area contributed by atoms with Gasteiger partial charge in [0.1, 0.15) is 0 Å². The van der Waals surface area contributed by atoms with Crippen molar-refractivity contribution in [2.75, 3.05) is 32.1 Å². The van der Waals surface area contributed by atoms with E-state index in [-0.39, 0.29) is 0 Å². The lowest BCUT2D eigenvalue weighted by Gasteiger charge is -2.37. The summed E-state index contributed by atoms with van der Waals surface area (Å²) in [6.07, 6.45) is 15.5. The summed E-state index contributed by atoms with van der Waals surface area (Å²) in [5.74, 6) is 0.817. The van der Waals surface area contributed by atoms with Gasteiger partial charge in [0, 0.05) is 12.3 Å². The number of quaternary nitrogens is 1. The Balaban J connectivity index is 3.53. The van der Waals surface area contributed by atoms with Crippen LogP contribution in [0.3, 0.4) is 0 Å². The van der Waals surface area contributed by atoms with Gasteiger partial charge >= 0.3 is 0 Å². The van der Waals surface area contributed by atoms with Crippen LogP contribution < -0.4 is 0 Å². The molecule has 0 heterocycles. The summed E-state index contributed by atoms with van der Waals surface area (Å²) in [5.41, 5.74) is 0. The van der Waals surface area contributed by atoms with E-state index in [1.807, 2.05) is 0 Å². The summed E-state index contributed by atoms with van der Waals surface area (Å²) >= 11 is 5.88. The molecule has 21 heavy (non-hydrogen) atoms. The fraction of sp³-hybridized carbons (Fsp3) is 1.00. The van der Waals surface area contributed by atoms with Crippen LogP contribution in [0.5, 0.6) is 0 Å². The molecule has 0 unspecified atom stereocenters. The normalized spacial score (nSPS) is 12.0. The van der Waals surface area contributed by atoms with Crippen molar-refractivity contribution in [1.29, 1.82) is 0 Å². The predicted molar refractivity (Wildman–Crippen MR) is 98.3 cm³/mol. The average molecular weight is 319 g/mol. The molecule has 0 aliphatic heterocycles. The molecule has 0 N–H and O–H groups in total. The van der Waals surface area contributed by atoms with E-state index in [4.69, 9.17) is 11.6 Å². The van der Waals surface area contributed by atoms with Gasteiger partial charge in [-0.2, -0.15) is 0 Å². The number of alkyl halides is 1. The van der Waals surface area contributed by atoms with Crippen molar-refractivity contribution < 1.29 is 4.48 Å². The maximum absolute atomic E-state index is 5.88. The van der Waals surface area contributed by atoms with Crippen LogP contribution in [0.2, 0.25) is 0 Å². The molecule has 0 aromatic rings. The Hall–Kier alpha value is 0.250. The fourth-order valence-electron chi connectivity index (χ4n) is 3.30. The molecule has 0 fully saturated rings. The van der Waals surface area contributed by atoms with Crippen molar-refractivity contribution in [2.45, 2.75) is 91.4 Å². The standard InChI is InChI=1S/C19H41ClN/c1-4-7-8-9-10-11-12-13-14-15-18-21(5-2,6-3)19-16-17-20/h4-19H2,1-3H3/q+1. The van der Waals surface area contributed by atoms with Gasteiger partial charge in [-0.05, 0) is 26.7 Å². The van der Waals surface area contributed by atoms with Crippen LogP contribution in [0.15, 0.2) is 0 Å². The largest absolute Gasteiger partial charge is 0.324 e. The first-order valence-electron chi connectivity index (χ1n) is 9.65. The van der Waals surface area contributed by atoms with Gasteiger partial charge in [-0.25, -0.2) is 0 Å². The van der Waals surface area contributed by atoms with Crippen molar-refractivity contribution in [3.8, 4) is 0 Å². The molecule has 0 saturated heterocycles. The van der Waals surface area contributed by atoms with Crippen molar-refractivity contribution >= 4 is 11.6 Å². The molecule has 0 amide bonds. The van der Waals surface area contributed by atoms with Crippen molar-refractivity contribution in [3.63, 3.8) is 0 Å². The molecule has 0 aliphatic rings. The first-order valence-corrected chi connectivity index (χ1v) is 10.2. The number of halogens is 1. The molecule has 0 rings (SSSR count). The topological polar surface area (TPSA) is 0 Å². The molecule has 0 saturated carbocycles. The van der Waals surface area contributed by atoms with Crippen LogP contribution in [0.4, 0.5) is 0 Å². The summed E-state index contributed by atoms with van der Waals surface area (Å²) in [5, 5.41) is 0. The van der Waals surface area contributed by atoms with Gasteiger partial charge in [-0.15, -0.1) is 11.6 Å². The lowest BCUT2D eigenvalue weighted by Crippen LogP contribution is -2.49. The van der Waals surface area contributed by atoms with E-state index in [0.29, 0.717) is 0 Å². The molecule has 0 atom stereocenters. The first-order chi connectivity index (χ1) is 10.2. The van der Waals surface area contributed by atoms with Crippen LogP contribution >= 0.6 is 11.6 Å². The van der Waals surface area contributed by atoms with Crippen LogP contribution in [0.1, 0.15) is 91.4 Å². The Kier molecular flexibility index (Phi) is 15.3. The zero-order valence-electron chi connectivity index (χ0n) is 15.1. The van der Waals surface area contributed by atoms with Crippen LogP contribution in [0.25, 0.3) is 0 Å². The third kappa shape index (κ3) is 11.5. The summed E-state index contributed by atoms with van der Waals surface area (Å²) < 4.78 is 1.28. The Morgan fingerprint density at radius 1 is 0.571 bits per heavy atom. The van der Waals surface area contributed by atoms with Crippen LogP contribution in [-0.4, -0.2) is 36.5 Å². The Bertz CT molecular complexity index is 202. The van der Waals surface area contributed by atoms with Gasteiger partial charge < -0.3 is 4.48 Å². The van der Waals surface area contributed by atoms with Gasteiger partial charge in [-0.3, -0.25) is 0 Å². The summed E-state index contributed by atoms with van der Waals surface area (Å²) in [7, 11) is 0. The molecule has 128 valence electrons. The quantitative estimate of drug-likeness (QED) is 0.176. The molecule has 0 bridgehead atoms. The van der Waals surface area contributed by atoms with E-state index in [9.17, 15) is 0 Å². The molecule has 1 nitrogen and oxygen atoms in total. The molecule has 0 aromatic heterocycles. The second-order valence-electron chi connectivity index (χ2n) is 6.65. The highest BCUT2D eigenvalue weighted by atomic mass is 35.5. The van der Waals surface area contributed by atoms with Crippen LogP contribution in [-0.2, 0) is 0 Å². The highest BCUT2D eigenvalue weighted by Gasteiger charge is 2.21. The molecule has 0 radical (unpaired) electrons. The maximum atomic E-state index is 5.88. The Labute approximate surface area is 140 Å². The van der Waals surface area contributed by atoms with Gasteiger partial charge in [0.05, 0.1) is 26.2 Å². The Morgan fingerprint density at radius 3 is 1.43 bits per heavy atom. The minimum atomic E-state index is 0.817. The third-order valence-electron chi connectivity index (χ3n) is 5.09. The first kappa shape index (κ1) is 21.2. The number of unbranched alkanes of at least 4 members (excludes halogenated alkanes) is 9. The molecule has 0 aromatic carbocycles. The molecular formula is C19H41ClN+. The minimum absolute atomic E-state index is 0.817.